The minimum absolute atomic E-state index is 0.123. The molecule has 0 bridgehead atoms. The molecule has 0 unspecified atom stereocenters. The summed E-state index contributed by atoms with van der Waals surface area (Å²) in [5, 5.41) is 3.81. The lowest BCUT2D eigenvalue weighted by Crippen LogP contribution is -2.29. The van der Waals surface area contributed by atoms with Gasteiger partial charge < -0.3 is 10.1 Å². The zero-order valence-corrected chi connectivity index (χ0v) is 16.1. The normalized spacial score (nSPS) is 10.9. The van der Waals surface area contributed by atoms with Crippen molar-refractivity contribution in [2.75, 3.05) is 25.5 Å². The van der Waals surface area contributed by atoms with E-state index in [1.807, 2.05) is 36.2 Å². The zero-order valence-electron chi connectivity index (χ0n) is 15.3. The summed E-state index contributed by atoms with van der Waals surface area (Å²) in [6.45, 7) is 2.94. The van der Waals surface area contributed by atoms with Crippen LogP contribution < -0.4 is 5.32 Å². The first kappa shape index (κ1) is 19.0. The van der Waals surface area contributed by atoms with E-state index in [0.29, 0.717) is 24.4 Å². The molecule has 0 fully saturated rings. The number of thiazole rings is 1. The predicted molar refractivity (Wildman–Crippen MR) is 107 cm³/mol. The van der Waals surface area contributed by atoms with Gasteiger partial charge in [-0.3, -0.25) is 9.69 Å². The molecule has 0 aliphatic carbocycles. The summed E-state index contributed by atoms with van der Waals surface area (Å²) in [7, 11) is 1.88. The van der Waals surface area contributed by atoms with Crippen molar-refractivity contribution >= 4 is 39.1 Å². The average molecular weight is 383 g/mol. The number of para-hydroxylation sites is 1. The highest BCUT2D eigenvalue weighted by atomic mass is 32.1. The van der Waals surface area contributed by atoms with Gasteiger partial charge in [0.25, 0.3) is 0 Å². The number of carbonyl (C=O) groups excluding carboxylic acids is 2. The van der Waals surface area contributed by atoms with Crippen molar-refractivity contribution in [2.45, 2.75) is 13.5 Å². The molecule has 0 aliphatic heterocycles. The molecule has 1 amide bonds. The third-order valence-electron chi connectivity index (χ3n) is 3.84. The number of ether oxygens (including phenoxy) is 1. The fourth-order valence-electron chi connectivity index (χ4n) is 2.62. The molecule has 6 nitrogen and oxygen atoms in total. The Labute approximate surface area is 161 Å². The summed E-state index contributed by atoms with van der Waals surface area (Å²) >= 11 is 1.64. The number of rotatable bonds is 7. The number of hydrogen-bond acceptors (Lipinski definition) is 6. The van der Waals surface area contributed by atoms with Crippen LogP contribution in [0.25, 0.3) is 10.2 Å². The van der Waals surface area contributed by atoms with Crippen molar-refractivity contribution in [3.8, 4) is 0 Å². The third-order valence-corrected chi connectivity index (χ3v) is 4.86. The molecule has 0 aliphatic rings. The van der Waals surface area contributed by atoms with Gasteiger partial charge >= 0.3 is 5.97 Å². The molecule has 0 saturated heterocycles. The predicted octanol–water partition coefficient (Wildman–Crippen LogP) is 3.54. The summed E-state index contributed by atoms with van der Waals surface area (Å²) in [6.07, 6.45) is 0. The molecule has 7 heteroatoms. The number of fused-ring (bicyclic) bond motifs is 1. The highest BCUT2D eigenvalue weighted by molar-refractivity contribution is 7.18. The molecule has 0 radical (unpaired) electrons. The average Bonchev–Trinajstić information content (AvgIpc) is 3.04. The maximum atomic E-state index is 12.2. The molecule has 1 heterocycles. The van der Waals surface area contributed by atoms with Gasteiger partial charge in [-0.25, -0.2) is 9.78 Å². The molecule has 27 heavy (non-hydrogen) atoms. The molecular weight excluding hydrogens is 362 g/mol. The fraction of sp³-hybridized carbons (Fsp3) is 0.250. The Bertz CT molecular complexity index is 904. The van der Waals surface area contributed by atoms with Crippen molar-refractivity contribution < 1.29 is 14.3 Å². The van der Waals surface area contributed by atoms with Crippen LogP contribution in [-0.2, 0) is 16.1 Å². The summed E-state index contributed by atoms with van der Waals surface area (Å²) in [5.74, 6) is -0.492. The molecule has 0 spiro atoms. The van der Waals surface area contributed by atoms with E-state index in [2.05, 4.69) is 10.3 Å². The maximum Gasteiger partial charge on any atom is 0.338 e. The number of nitrogens with zero attached hydrogens (tertiary/aromatic N) is 2. The Balaban J connectivity index is 1.53. The lowest BCUT2D eigenvalue weighted by molar-refractivity contribution is -0.117. The van der Waals surface area contributed by atoms with E-state index >= 15 is 0 Å². The van der Waals surface area contributed by atoms with E-state index in [4.69, 9.17) is 4.74 Å². The number of benzene rings is 2. The van der Waals surface area contributed by atoms with Gasteiger partial charge in [-0.15, -0.1) is 11.3 Å². The standard InChI is InChI=1S/C20H21N3O3S/c1-3-26-20(25)14-8-10-15(11-9-14)21-18(24)12-23(2)13-19-22-16-6-4-5-7-17(16)27-19/h4-11H,3,12-13H2,1-2H3,(H,21,24). The van der Waals surface area contributed by atoms with Crippen LogP contribution in [0.15, 0.2) is 48.5 Å². The minimum Gasteiger partial charge on any atom is -0.462 e. The van der Waals surface area contributed by atoms with Gasteiger partial charge in [0.2, 0.25) is 5.91 Å². The third kappa shape index (κ3) is 5.12. The molecule has 0 saturated carbocycles. The number of anilines is 1. The lowest BCUT2D eigenvalue weighted by Gasteiger charge is -2.14. The van der Waals surface area contributed by atoms with Crippen LogP contribution in [0.4, 0.5) is 5.69 Å². The van der Waals surface area contributed by atoms with Gasteiger partial charge in [0.15, 0.2) is 0 Å². The number of carbonyl (C=O) groups is 2. The van der Waals surface area contributed by atoms with Gasteiger partial charge in [0.05, 0.1) is 35.5 Å². The Morgan fingerprint density at radius 3 is 2.59 bits per heavy atom. The quantitative estimate of drug-likeness (QED) is 0.632. The lowest BCUT2D eigenvalue weighted by atomic mass is 10.2. The molecular formula is C20H21N3O3S. The van der Waals surface area contributed by atoms with E-state index in [-0.39, 0.29) is 18.4 Å². The second-order valence-corrected chi connectivity index (χ2v) is 7.21. The zero-order chi connectivity index (χ0) is 19.2. The minimum atomic E-state index is -0.369. The van der Waals surface area contributed by atoms with Crippen molar-refractivity contribution in [3.63, 3.8) is 0 Å². The topological polar surface area (TPSA) is 71.5 Å². The van der Waals surface area contributed by atoms with Crippen LogP contribution in [0.5, 0.6) is 0 Å². The Morgan fingerprint density at radius 2 is 1.89 bits per heavy atom. The summed E-state index contributed by atoms with van der Waals surface area (Å²) in [4.78, 5) is 30.4. The molecule has 3 aromatic rings. The summed E-state index contributed by atoms with van der Waals surface area (Å²) in [5.41, 5.74) is 2.08. The van der Waals surface area contributed by atoms with E-state index in [1.165, 1.54) is 0 Å². The van der Waals surface area contributed by atoms with Gasteiger partial charge in [-0.1, -0.05) is 12.1 Å². The molecule has 0 atom stereocenters. The monoisotopic (exact) mass is 383 g/mol. The Kier molecular flexibility index (Phi) is 6.16. The van der Waals surface area contributed by atoms with E-state index in [9.17, 15) is 9.59 Å². The van der Waals surface area contributed by atoms with Gasteiger partial charge in [-0.05, 0) is 50.4 Å². The molecule has 3 rings (SSSR count). The summed E-state index contributed by atoms with van der Waals surface area (Å²) in [6, 6.07) is 14.7. The number of aromatic nitrogens is 1. The maximum absolute atomic E-state index is 12.2. The van der Waals surface area contributed by atoms with Crippen LogP contribution in [0.3, 0.4) is 0 Å². The number of amides is 1. The van der Waals surface area contributed by atoms with E-state index in [1.54, 1.807) is 42.5 Å². The van der Waals surface area contributed by atoms with Crippen LogP contribution in [0.1, 0.15) is 22.3 Å². The first-order valence-corrected chi connectivity index (χ1v) is 9.47. The Morgan fingerprint density at radius 1 is 1.15 bits per heavy atom. The van der Waals surface area contributed by atoms with Crippen LogP contribution in [0, 0.1) is 0 Å². The van der Waals surface area contributed by atoms with Crippen molar-refractivity contribution in [2.24, 2.45) is 0 Å². The smallest absolute Gasteiger partial charge is 0.338 e. The number of nitrogens with one attached hydrogen (secondary N) is 1. The van der Waals surface area contributed by atoms with Crippen molar-refractivity contribution in [3.05, 3.63) is 59.1 Å². The second kappa shape index (κ2) is 8.75. The van der Waals surface area contributed by atoms with Crippen LogP contribution in [-0.4, -0.2) is 42.0 Å². The van der Waals surface area contributed by atoms with Crippen molar-refractivity contribution in [1.82, 2.24) is 9.88 Å². The second-order valence-electron chi connectivity index (χ2n) is 6.09. The molecule has 1 N–H and O–H groups in total. The number of esters is 1. The molecule has 140 valence electrons. The largest absolute Gasteiger partial charge is 0.462 e. The Hall–Kier alpha value is -2.77. The first-order chi connectivity index (χ1) is 13.0. The van der Waals surface area contributed by atoms with E-state index in [0.717, 1.165) is 15.2 Å². The fourth-order valence-corrected chi connectivity index (χ4v) is 3.67. The van der Waals surface area contributed by atoms with Crippen LogP contribution >= 0.6 is 11.3 Å². The SMILES string of the molecule is CCOC(=O)c1ccc(NC(=O)CN(C)Cc2nc3ccccc3s2)cc1. The first-order valence-electron chi connectivity index (χ1n) is 8.65. The molecule has 1 aromatic heterocycles. The van der Waals surface area contributed by atoms with Gasteiger partial charge in [0, 0.05) is 5.69 Å². The highest BCUT2D eigenvalue weighted by Gasteiger charge is 2.11. The van der Waals surface area contributed by atoms with Gasteiger partial charge in [0.1, 0.15) is 5.01 Å². The van der Waals surface area contributed by atoms with E-state index < -0.39 is 0 Å². The molecule has 2 aromatic carbocycles. The highest BCUT2D eigenvalue weighted by Crippen LogP contribution is 2.22. The van der Waals surface area contributed by atoms with Crippen molar-refractivity contribution in [1.29, 1.82) is 0 Å². The van der Waals surface area contributed by atoms with Gasteiger partial charge in [-0.2, -0.15) is 0 Å². The number of likely N-dealkylation sites (N-methyl/N-ethyl adjacent to an activating group) is 1. The number of hydrogen-bond donors (Lipinski definition) is 1. The van der Waals surface area contributed by atoms with Crippen LogP contribution in [0.2, 0.25) is 0 Å². The summed E-state index contributed by atoms with van der Waals surface area (Å²) < 4.78 is 6.09.